The largest absolute Gasteiger partial charge is 0.436 e. The molecule has 1 aliphatic rings. The lowest BCUT2D eigenvalue weighted by Crippen LogP contribution is -2.44. The SMILES string of the molecule is CNC(=O)c1ccc(N2C(=O)N(c3cnc(C#N)c(C(F)(F)F)n3)C(=O)C2(C)C)cc1F. The van der Waals surface area contributed by atoms with Gasteiger partial charge in [0.15, 0.2) is 17.2 Å². The van der Waals surface area contributed by atoms with Crippen molar-refractivity contribution in [2.45, 2.75) is 25.6 Å². The topological polar surface area (TPSA) is 119 Å². The molecule has 0 radical (unpaired) electrons. The van der Waals surface area contributed by atoms with Crippen LogP contribution in [0.3, 0.4) is 0 Å². The minimum absolute atomic E-state index is 0.112. The molecule has 166 valence electrons. The van der Waals surface area contributed by atoms with Crippen LogP contribution >= 0.6 is 0 Å². The number of alkyl halides is 3. The van der Waals surface area contributed by atoms with Gasteiger partial charge >= 0.3 is 12.2 Å². The number of carbonyl (C=O) groups excluding carboxylic acids is 3. The average molecular weight is 450 g/mol. The van der Waals surface area contributed by atoms with Crippen molar-refractivity contribution >= 4 is 29.4 Å². The lowest BCUT2D eigenvalue weighted by molar-refractivity contribution is -0.141. The number of nitriles is 1. The van der Waals surface area contributed by atoms with Crippen LogP contribution in [-0.4, -0.2) is 40.4 Å². The van der Waals surface area contributed by atoms with Gasteiger partial charge in [-0.3, -0.25) is 14.5 Å². The number of nitrogens with zero attached hydrogens (tertiary/aromatic N) is 5. The van der Waals surface area contributed by atoms with Gasteiger partial charge in [-0.2, -0.15) is 18.4 Å². The van der Waals surface area contributed by atoms with Crippen molar-refractivity contribution in [3.05, 3.63) is 47.2 Å². The molecule has 0 atom stereocenters. The van der Waals surface area contributed by atoms with Gasteiger partial charge in [-0.15, -0.1) is 0 Å². The molecule has 4 amide bonds. The lowest BCUT2D eigenvalue weighted by Gasteiger charge is -2.27. The van der Waals surface area contributed by atoms with E-state index < -0.39 is 52.6 Å². The third-order valence-electron chi connectivity index (χ3n) is 4.71. The predicted molar refractivity (Wildman–Crippen MR) is 101 cm³/mol. The molecule has 32 heavy (non-hydrogen) atoms. The highest BCUT2D eigenvalue weighted by Gasteiger charge is 2.54. The summed E-state index contributed by atoms with van der Waals surface area (Å²) in [5.74, 6) is -3.39. The Kier molecular flexibility index (Phi) is 5.34. The predicted octanol–water partition coefficient (Wildman–Crippen LogP) is 2.62. The van der Waals surface area contributed by atoms with Gasteiger partial charge in [0.25, 0.3) is 11.8 Å². The highest BCUT2D eigenvalue weighted by Crippen LogP contribution is 2.37. The number of aromatic nitrogens is 2. The summed E-state index contributed by atoms with van der Waals surface area (Å²) in [5, 5.41) is 11.1. The summed E-state index contributed by atoms with van der Waals surface area (Å²) in [4.78, 5) is 45.5. The Morgan fingerprint density at radius 2 is 1.91 bits per heavy atom. The number of benzene rings is 1. The van der Waals surface area contributed by atoms with Gasteiger partial charge in [0.05, 0.1) is 11.8 Å². The van der Waals surface area contributed by atoms with Crippen LogP contribution in [0.4, 0.5) is 33.9 Å². The highest BCUT2D eigenvalue weighted by atomic mass is 19.4. The Balaban J connectivity index is 2.10. The number of imide groups is 1. The number of halogens is 4. The molecule has 9 nitrogen and oxygen atoms in total. The van der Waals surface area contributed by atoms with Crippen molar-refractivity contribution in [1.29, 1.82) is 5.26 Å². The normalized spacial score (nSPS) is 15.7. The van der Waals surface area contributed by atoms with Crippen LogP contribution in [0.25, 0.3) is 0 Å². The fourth-order valence-corrected chi connectivity index (χ4v) is 3.16. The van der Waals surface area contributed by atoms with Crippen LogP contribution < -0.4 is 15.1 Å². The van der Waals surface area contributed by atoms with Gasteiger partial charge in [-0.05, 0) is 32.0 Å². The third kappa shape index (κ3) is 3.49. The number of hydrogen-bond acceptors (Lipinski definition) is 6. The molecule has 1 saturated heterocycles. The number of amides is 4. The summed E-state index contributed by atoms with van der Waals surface area (Å²) in [6.07, 6.45) is -4.37. The molecule has 0 spiro atoms. The maximum atomic E-state index is 14.4. The van der Waals surface area contributed by atoms with Crippen LogP contribution in [0.2, 0.25) is 0 Å². The third-order valence-corrected chi connectivity index (χ3v) is 4.71. The van der Waals surface area contributed by atoms with E-state index in [9.17, 15) is 31.9 Å². The molecule has 3 rings (SSSR count). The first-order valence-electron chi connectivity index (χ1n) is 8.89. The Hall–Kier alpha value is -4.08. The fraction of sp³-hybridized carbons (Fsp3) is 0.263. The van der Waals surface area contributed by atoms with E-state index in [1.807, 2.05) is 0 Å². The number of rotatable bonds is 3. The van der Waals surface area contributed by atoms with Crippen molar-refractivity contribution in [2.24, 2.45) is 0 Å². The molecule has 0 saturated carbocycles. The summed E-state index contributed by atoms with van der Waals surface area (Å²) in [5.41, 5.74) is -4.75. The van der Waals surface area contributed by atoms with Crippen molar-refractivity contribution in [1.82, 2.24) is 15.3 Å². The summed E-state index contributed by atoms with van der Waals surface area (Å²) < 4.78 is 54.2. The molecule has 1 aliphatic heterocycles. The second kappa shape index (κ2) is 7.56. The van der Waals surface area contributed by atoms with Gasteiger partial charge in [0, 0.05) is 12.7 Å². The van der Waals surface area contributed by atoms with Crippen LogP contribution in [0.1, 0.15) is 35.6 Å². The fourth-order valence-electron chi connectivity index (χ4n) is 3.16. The van der Waals surface area contributed by atoms with Gasteiger partial charge in [-0.1, -0.05) is 0 Å². The minimum Gasteiger partial charge on any atom is -0.355 e. The average Bonchev–Trinajstić information content (AvgIpc) is 2.90. The smallest absolute Gasteiger partial charge is 0.355 e. The number of anilines is 2. The maximum Gasteiger partial charge on any atom is 0.436 e. The summed E-state index contributed by atoms with van der Waals surface area (Å²) in [6.45, 7) is 2.61. The second-order valence-electron chi connectivity index (χ2n) is 7.10. The second-order valence-corrected chi connectivity index (χ2v) is 7.10. The molecule has 0 bridgehead atoms. The molecule has 2 heterocycles. The molecule has 1 fully saturated rings. The summed E-state index contributed by atoms with van der Waals surface area (Å²) in [7, 11) is 1.30. The number of carbonyl (C=O) groups is 3. The number of hydrogen-bond donors (Lipinski definition) is 1. The van der Waals surface area contributed by atoms with E-state index >= 15 is 0 Å². The number of nitrogens with one attached hydrogen (secondary N) is 1. The van der Waals surface area contributed by atoms with E-state index in [-0.39, 0.29) is 11.3 Å². The van der Waals surface area contributed by atoms with E-state index in [1.165, 1.54) is 33.0 Å². The monoisotopic (exact) mass is 450 g/mol. The van der Waals surface area contributed by atoms with Crippen molar-refractivity contribution in [2.75, 3.05) is 16.8 Å². The van der Waals surface area contributed by atoms with E-state index in [0.29, 0.717) is 11.1 Å². The highest BCUT2D eigenvalue weighted by molar-refractivity contribution is 6.29. The maximum absolute atomic E-state index is 14.4. The molecule has 2 aromatic rings. The zero-order valence-corrected chi connectivity index (χ0v) is 16.8. The minimum atomic E-state index is -5.06. The first kappa shape index (κ1) is 22.6. The van der Waals surface area contributed by atoms with Crippen LogP contribution in [0.15, 0.2) is 24.4 Å². The van der Waals surface area contributed by atoms with Crippen molar-refractivity contribution in [3.63, 3.8) is 0 Å². The molecule has 0 aliphatic carbocycles. The molecule has 1 N–H and O–H groups in total. The first-order chi connectivity index (χ1) is 14.8. The standard InChI is InChI=1S/C19H14F4N6O3/c1-18(2)16(31)28(13-8-26-12(7-24)14(27-13)19(21,22)23)17(32)29(18)9-4-5-10(11(20)6-9)15(30)25-3/h4-6,8H,1-3H3,(H,25,30). The zero-order valence-electron chi connectivity index (χ0n) is 16.8. The van der Waals surface area contributed by atoms with E-state index in [1.54, 1.807) is 0 Å². The Morgan fingerprint density at radius 3 is 2.44 bits per heavy atom. The number of urea groups is 1. The first-order valence-corrected chi connectivity index (χ1v) is 8.89. The van der Waals surface area contributed by atoms with Gasteiger partial charge in [0.2, 0.25) is 0 Å². The molecule has 1 aromatic heterocycles. The van der Waals surface area contributed by atoms with Crippen LogP contribution in [0.5, 0.6) is 0 Å². The van der Waals surface area contributed by atoms with Crippen molar-refractivity contribution < 1.29 is 31.9 Å². The molecule has 13 heteroatoms. The van der Waals surface area contributed by atoms with E-state index in [4.69, 9.17) is 5.26 Å². The van der Waals surface area contributed by atoms with Crippen molar-refractivity contribution in [3.8, 4) is 6.07 Å². The van der Waals surface area contributed by atoms with Crippen LogP contribution in [-0.2, 0) is 11.0 Å². The van der Waals surface area contributed by atoms with Gasteiger partial charge < -0.3 is 5.32 Å². The quantitative estimate of drug-likeness (QED) is 0.567. The molecule has 1 aromatic carbocycles. The molecular formula is C19H14F4N6O3. The summed E-state index contributed by atoms with van der Waals surface area (Å²) in [6, 6.07) is 3.31. The Labute approximate surface area is 178 Å². The van der Waals surface area contributed by atoms with Gasteiger partial charge in [0.1, 0.15) is 17.4 Å². The summed E-state index contributed by atoms with van der Waals surface area (Å²) >= 11 is 0. The lowest BCUT2D eigenvalue weighted by atomic mass is 10.0. The van der Waals surface area contributed by atoms with E-state index in [2.05, 4.69) is 15.3 Å². The zero-order chi connectivity index (χ0) is 24.0. The Morgan fingerprint density at radius 1 is 1.25 bits per heavy atom. The molecular weight excluding hydrogens is 436 g/mol. The van der Waals surface area contributed by atoms with E-state index in [0.717, 1.165) is 17.0 Å². The molecule has 0 unspecified atom stereocenters. The van der Waals surface area contributed by atoms with Gasteiger partial charge in [-0.25, -0.2) is 24.1 Å². The van der Waals surface area contributed by atoms with Crippen LogP contribution in [0, 0.1) is 17.1 Å². The Bertz CT molecular complexity index is 1190.